The summed E-state index contributed by atoms with van der Waals surface area (Å²) in [7, 11) is -4.11. The van der Waals surface area contributed by atoms with Gasteiger partial charge in [-0.15, -0.1) is 0 Å². The van der Waals surface area contributed by atoms with E-state index in [9.17, 15) is 13.2 Å². The van der Waals surface area contributed by atoms with Gasteiger partial charge in [0.25, 0.3) is 10.1 Å². The summed E-state index contributed by atoms with van der Waals surface area (Å²) >= 11 is 0. The Kier molecular flexibility index (Phi) is 2.31. The van der Waals surface area contributed by atoms with E-state index in [2.05, 4.69) is 0 Å². The zero-order valence-corrected chi connectivity index (χ0v) is 10.7. The molecule has 2 rings (SSSR count). The van der Waals surface area contributed by atoms with E-state index in [0.717, 1.165) is 6.42 Å². The van der Waals surface area contributed by atoms with Crippen LogP contribution in [0.4, 0.5) is 0 Å². The smallest absolute Gasteiger partial charge is 0.265 e. The number of rotatable bonds is 2. The number of hydrogen-bond acceptors (Lipinski definition) is 3. The highest BCUT2D eigenvalue weighted by molar-refractivity contribution is 7.85. The van der Waals surface area contributed by atoms with Crippen LogP contribution in [0.3, 0.4) is 0 Å². The van der Waals surface area contributed by atoms with Gasteiger partial charge in [0.1, 0.15) is 5.78 Å². The highest BCUT2D eigenvalue weighted by atomic mass is 32.2. The molecule has 0 heterocycles. The van der Waals surface area contributed by atoms with E-state index in [-0.39, 0.29) is 23.0 Å². The number of hydrogen-bond donors (Lipinski definition) is 1. The molecule has 3 atom stereocenters. The SMILES string of the molecule is C[C@H]1CC2CC(=O)C1(CS(=O)(=O)O)C2(C)C. The molecule has 2 fully saturated rings. The van der Waals surface area contributed by atoms with Crippen molar-refractivity contribution in [2.75, 3.05) is 5.75 Å². The Morgan fingerprint density at radius 3 is 2.38 bits per heavy atom. The normalized spacial score (nSPS) is 41.6. The third kappa shape index (κ3) is 1.31. The second-order valence-corrected chi connectivity index (χ2v) is 7.33. The van der Waals surface area contributed by atoms with E-state index in [1.165, 1.54) is 0 Å². The summed E-state index contributed by atoms with van der Waals surface area (Å²) in [5, 5.41) is 0. The lowest BCUT2D eigenvalue weighted by molar-refractivity contribution is -0.130. The minimum atomic E-state index is -4.11. The molecule has 5 heteroatoms. The summed E-state index contributed by atoms with van der Waals surface area (Å²) in [5.41, 5.74) is -1.19. The Bertz CT molecular complexity index is 437. The molecule has 2 bridgehead atoms. The van der Waals surface area contributed by atoms with Crippen LogP contribution in [0.25, 0.3) is 0 Å². The lowest BCUT2D eigenvalue weighted by atomic mass is 9.66. The van der Waals surface area contributed by atoms with Crippen molar-refractivity contribution in [1.29, 1.82) is 0 Å². The van der Waals surface area contributed by atoms with Crippen molar-refractivity contribution in [3.05, 3.63) is 0 Å². The van der Waals surface area contributed by atoms with E-state index in [4.69, 9.17) is 4.55 Å². The quantitative estimate of drug-likeness (QED) is 0.750. The van der Waals surface area contributed by atoms with E-state index < -0.39 is 21.3 Å². The predicted octanol–water partition coefficient (Wildman–Crippen LogP) is 1.52. The van der Waals surface area contributed by atoms with Crippen molar-refractivity contribution in [2.45, 2.75) is 33.6 Å². The molecule has 0 amide bonds. The highest BCUT2D eigenvalue weighted by Crippen LogP contribution is 2.66. The van der Waals surface area contributed by atoms with Gasteiger partial charge in [-0.05, 0) is 23.7 Å². The van der Waals surface area contributed by atoms with Gasteiger partial charge < -0.3 is 0 Å². The minimum Gasteiger partial charge on any atom is -0.299 e. The summed E-state index contributed by atoms with van der Waals surface area (Å²) in [4.78, 5) is 12.1. The van der Waals surface area contributed by atoms with Crippen molar-refractivity contribution in [3.63, 3.8) is 0 Å². The molecule has 4 nitrogen and oxygen atoms in total. The van der Waals surface area contributed by atoms with Crippen molar-refractivity contribution >= 4 is 15.9 Å². The summed E-state index contributed by atoms with van der Waals surface area (Å²) in [6, 6.07) is 0. The van der Waals surface area contributed by atoms with E-state index >= 15 is 0 Å². The molecule has 0 saturated heterocycles. The molecule has 92 valence electrons. The molecule has 1 N–H and O–H groups in total. The molecule has 0 aliphatic heterocycles. The van der Waals surface area contributed by atoms with Crippen LogP contribution in [-0.2, 0) is 14.9 Å². The maximum atomic E-state index is 12.1. The van der Waals surface area contributed by atoms with Crippen LogP contribution in [-0.4, -0.2) is 24.5 Å². The Balaban J connectivity index is 2.53. The number of Topliss-reactive ketones (excluding diaryl/α,β-unsaturated/α-hetero) is 1. The van der Waals surface area contributed by atoms with Crippen molar-refractivity contribution in [1.82, 2.24) is 0 Å². The van der Waals surface area contributed by atoms with Crippen molar-refractivity contribution in [2.24, 2.45) is 22.7 Å². The van der Waals surface area contributed by atoms with Gasteiger partial charge in [0.05, 0.1) is 11.2 Å². The molecule has 2 unspecified atom stereocenters. The predicted molar refractivity (Wildman–Crippen MR) is 59.5 cm³/mol. The fraction of sp³-hybridized carbons (Fsp3) is 0.909. The van der Waals surface area contributed by atoms with Gasteiger partial charge in [-0.1, -0.05) is 20.8 Å². The standard InChI is InChI=1S/C11H18O4S/c1-7-4-8-5-9(12)11(7,10(8,2)3)6-16(13,14)15/h7-8H,4-6H2,1-3H3,(H,13,14,15)/t7-,8?,11?/m0/s1. The van der Waals surface area contributed by atoms with Crippen LogP contribution >= 0.6 is 0 Å². The molecule has 2 aliphatic carbocycles. The van der Waals surface area contributed by atoms with Crippen LogP contribution in [0.15, 0.2) is 0 Å². The third-order valence-electron chi connectivity index (χ3n) is 4.99. The zero-order valence-electron chi connectivity index (χ0n) is 9.86. The highest BCUT2D eigenvalue weighted by Gasteiger charge is 2.68. The maximum Gasteiger partial charge on any atom is 0.265 e. The number of fused-ring (bicyclic) bond motifs is 2. The lowest BCUT2D eigenvalue weighted by Gasteiger charge is -2.38. The topological polar surface area (TPSA) is 71.4 Å². The second-order valence-electron chi connectivity index (χ2n) is 5.88. The first kappa shape index (κ1) is 12.0. The number of carbonyl (C=O) groups excluding carboxylic acids is 1. The van der Waals surface area contributed by atoms with Gasteiger partial charge in [-0.25, -0.2) is 0 Å². The second kappa shape index (κ2) is 3.07. The summed E-state index contributed by atoms with van der Waals surface area (Å²) in [5.74, 6) is -0.102. The molecule has 2 saturated carbocycles. The fourth-order valence-electron chi connectivity index (χ4n) is 4.00. The molecule has 0 aromatic rings. The molecule has 0 spiro atoms. The van der Waals surface area contributed by atoms with Crippen LogP contribution in [0.5, 0.6) is 0 Å². The molecule has 0 radical (unpaired) electrons. The maximum absolute atomic E-state index is 12.1. The first-order valence-corrected chi connectivity index (χ1v) is 7.20. The first-order valence-electron chi connectivity index (χ1n) is 5.60. The van der Waals surface area contributed by atoms with Crippen LogP contribution < -0.4 is 0 Å². The van der Waals surface area contributed by atoms with E-state index in [1.54, 1.807) is 0 Å². The van der Waals surface area contributed by atoms with Crippen molar-refractivity contribution in [3.8, 4) is 0 Å². The Morgan fingerprint density at radius 2 is 2.00 bits per heavy atom. The average molecular weight is 246 g/mol. The van der Waals surface area contributed by atoms with Crippen LogP contribution in [0.1, 0.15) is 33.6 Å². The first-order chi connectivity index (χ1) is 7.11. The number of carbonyl (C=O) groups is 1. The Hall–Kier alpha value is -0.420. The summed E-state index contributed by atoms with van der Waals surface area (Å²) < 4.78 is 31.4. The number of ketones is 1. The fourth-order valence-corrected chi connectivity index (χ4v) is 5.39. The average Bonchev–Trinajstić information content (AvgIpc) is 2.33. The van der Waals surface area contributed by atoms with Gasteiger partial charge >= 0.3 is 0 Å². The molecular formula is C11H18O4S. The van der Waals surface area contributed by atoms with Crippen molar-refractivity contribution < 1.29 is 17.8 Å². The van der Waals surface area contributed by atoms with Gasteiger partial charge in [0.2, 0.25) is 0 Å². The lowest BCUT2D eigenvalue weighted by Crippen LogP contribution is -2.46. The van der Waals surface area contributed by atoms with Crippen LogP contribution in [0.2, 0.25) is 0 Å². The van der Waals surface area contributed by atoms with Gasteiger partial charge in [0.15, 0.2) is 0 Å². The molecule has 16 heavy (non-hydrogen) atoms. The van der Waals surface area contributed by atoms with Gasteiger partial charge in [-0.2, -0.15) is 8.42 Å². The van der Waals surface area contributed by atoms with E-state index in [0.29, 0.717) is 6.42 Å². The van der Waals surface area contributed by atoms with E-state index in [1.807, 2.05) is 20.8 Å². The monoisotopic (exact) mass is 246 g/mol. The molecule has 0 aromatic carbocycles. The van der Waals surface area contributed by atoms with Crippen LogP contribution in [0, 0.1) is 22.7 Å². The van der Waals surface area contributed by atoms with Gasteiger partial charge in [-0.3, -0.25) is 9.35 Å². The Labute approximate surface area is 96.2 Å². The molecular weight excluding hydrogens is 228 g/mol. The zero-order chi connectivity index (χ0) is 12.4. The third-order valence-corrected chi connectivity index (χ3v) is 5.81. The van der Waals surface area contributed by atoms with Gasteiger partial charge in [0, 0.05) is 6.42 Å². The summed E-state index contributed by atoms with van der Waals surface area (Å²) in [6.45, 7) is 5.83. The minimum absolute atomic E-state index is 0.0128. The summed E-state index contributed by atoms with van der Waals surface area (Å²) in [6.07, 6.45) is 1.35. The largest absolute Gasteiger partial charge is 0.299 e. The molecule has 0 aromatic heterocycles. The Morgan fingerprint density at radius 1 is 1.44 bits per heavy atom. The molecule has 2 aliphatic rings.